The third-order valence-electron chi connectivity index (χ3n) is 3.31. The molecule has 0 rings (SSSR count). The van der Waals surface area contributed by atoms with Crippen molar-refractivity contribution < 1.29 is 9.47 Å². The molecule has 0 heterocycles. The summed E-state index contributed by atoms with van der Waals surface area (Å²) in [7, 11) is 5.88. The van der Waals surface area contributed by atoms with Crippen molar-refractivity contribution in [2.24, 2.45) is 0 Å². The van der Waals surface area contributed by atoms with E-state index in [0.717, 1.165) is 23.7 Å². The Balaban J connectivity index is 2.95. The van der Waals surface area contributed by atoms with E-state index in [0.29, 0.717) is 6.79 Å². The molecular formula is C15H31ClMgO2. The normalized spacial score (nSPS) is 12.4. The molecule has 0 N–H and O–H groups in total. The minimum Gasteiger partial charge on any atom is -0.355 e. The number of rotatable bonds is 15. The highest BCUT2D eigenvalue weighted by Crippen LogP contribution is 2.11. The van der Waals surface area contributed by atoms with Gasteiger partial charge in [-0.1, -0.05) is 58.8 Å². The van der Waals surface area contributed by atoms with Gasteiger partial charge in [-0.3, -0.25) is 0 Å². The molecular weight excluding hydrogens is 272 g/mol. The van der Waals surface area contributed by atoms with E-state index in [1.165, 1.54) is 51.4 Å². The van der Waals surface area contributed by atoms with E-state index in [1.807, 2.05) is 0 Å². The molecule has 0 amide bonds. The van der Waals surface area contributed by atoms with Gasteiger partial charge in [0, 0.05) is 13.2 Å². The van der Waals surface area contributed by atoms with Crippen LogP contribution in [0, 0.1) is 0 Å². The van der Waals surface area contributed by atoms with Gasteiger partial charge in [0.05, 0.1) is 0 Å². The van der Waals surface area contributed by atoms with E-state index in [1.54, 1.807) is 0 Å². The van der Waals surface area contributed by atoms with Crippen molar-refractivity contribution in [2.75, 3.05) is 20.0 Å². The molecule has 1 atom stereocenters. The number of halogens is 1. The second kappa shape index (κ2) is 17.0. The van der Waals surface area contributed by atoms with Crippen molar-refractivity contribution >= 4 is 28.3 Å². The van der Waals surface area contributed by atoms with E-state index in [2.05, 4.69) is 13.8 Å². The SMILES string of the molecule is CCCCCCCCCOCOCCC[CH](C)[Mg][Cl]. The molecule has 0 saturated heterocycles. The molecule has 0 aliphatic heterocycles. The predicted molar refractivity (Wildman–Crippen MR) is 85.0 cm³/mol. The number of hydrogen-bond acceptors (Lipinski definition) is 2. The maximum absolute atomic E-state index is 5.88. The zero-order chi connectivity index (χ0) is 14.2. The van der Waals surface area contributed by atoms with Crippen LogP contribution < -0.4 is 0 Å². The molecule has 0 spiro atoms. The van der Waals surface area contributed by atoms with E-state index >= 15 is 0 Å². The smallest absolute Gasteiger partial charge is 0.355 e. The summed E-state index contributed by atoms with van der Waals surface area (Å²) in [6.07, 6.45) is 11.6. The Hall–Kier alpha value is 0.976. The molecule has 1 unspecified atom stereocenters. The Morgan fingerprint density at radius 2 is 1.47 bits per heavy atom. The van der Waals surface area contributed by atoms with Crippen LogP contribution >= 0.6 is 9.07 Å². The summed E-state index contributed by atoms with van der Waals surface area (Å²) < 4.78 is 11.6. The highest BCUT2D eigenvalue weighted by Gasteiger charge is 2.03. The summed E-state index contributed by atoms with van der Waals surface area (Å²) in [6, 6.07) is 0. The lowest BCUT2D eigenvalue weighted by Crippen LogP contribution is -2.04. The molecule has 0 aromatic rings. The first-order valence-electron chi connectivity index (χ1n) is 8.02. The molecule has 0 aromatic carbocycles. The first kappa shape index (κ1) is 20.0. The van der Waals surface area contributed by atoms with Crippen LogP contribution in [-0.4, -0.2) is 39.3 Å². The van der Waals surface area contributed by atoms with Gasteiger partial charge in [-0.25, -0.2) is 0 Å². The second-order valence-electron chi connectivity index (χ2n) is 5.46. The van der Waals surface area contributed by atoms with Gasteiger partial charge in [-0.05, 0) is 12.8 Å². The Morgan fingerprint density at radius 1 is 0.895 bits per heavy atom. The second-order valence-corrected chi connectivity index (χ2v) is 8.09. The third kappa shape index (κ3) is 16.9. The van der Waals surface area contributed by atoms with E-state index in [4.69, 9.17) is 18.5 Å². The van der Waals surface area contributed by atoms with Crippen LogP contribution in [-0.2, 0) is 9.47 Å². The summed E-state index contributed by atoms with van der Waals surface area (Å²) in [5.74, 6) is 0. The van der Waals surface area contributed by atoms with E-state index < -0.39 is 0 Å². The van der Waals surface area contributed by atoms with Crippen LogP contribution in [0.4, 0.5) is 0 Å². The Morgan fingerprint density at radius 3 is 2.11 bits per heavy atom. The Bertz CT molecular complexity index is 170. The van der Waals surface area contributed by atoms with Crippen LogP contribution in [0.2, 0.25) is 4.05 Å². The van der Waals surface area contributed by atoms with Crippen molar-refractivity contribution in [3.63, 3.8) is 0 Å². The first-order chi connectivity index (χ1) is 9.31. The first-order valence-corrected chi connectivity index (χ1v) is 11.0. The Kier molecular flexibility index (Phi) is 17.9. The van der Waals surface area contributed by atoms with E-state index in [9.17, 15) is 0 Å². The molecule has 0 saturated carbocycles. The van der Waals surface area contributed by atoms with Crippen LogP contribution in [0.1, 0.15) is 71.6 Å². The Labute approximate surface area is 133 Å². The topological polar surface area (TPSA) is 18.5 Å². The quantitative estimate of drug-likeness (QED) is 0.236. The van der Waals surface area contributed by atoms with Crippen molar-refractivity contribution in [2.45, 2.75) is 75.7 Å². The van der Waals surface area contributed by atoms with Crippen molar-refractivity contribution in [3.8, 4) is 0 Å². The lowest BCUT2D eigenvalue weighted by atomic mass is 10.1. The molecule has 112 valence electrons. The number of unbranched alkanes of at least 4 members (excludes halogenated alkanes) is 6. The van der Waals surface area contributed by atoms with Gasteiger partial charge in [0.15, 0.2) is 0 Å². The van der Waals surface area contributed by atoms with Gasteiger partial charge in [-0.2, -0.15) is 0 Å². The lowest BCUT2D eigenvalue weighted by molar-refractivity contribution is -0.0555. The molecule has 4 heteroatoms. The van der Waals surface area contributed by atoms with Crippen LogP contribution in [0.5, 0.6) is 0 Å². The number of ether oxygens (including phenoxy) is 2. The zero-order valence-corrected chi connectivity index (χ0v) is 15.1. The summed E-state index contributed by atoms with van der Waals surface area (Å²) in [6.45, 7) is 6.61. The van der Waals surface area contributed by atoms with Crippen molar-refractivity contribution in [3.05, 3.63) is 0 Å². The van der Waals surface area contributed by atoms with Gasteiger partial charge in [0.1, 0.15) is 6.79 Å². The molecule has 19 heavy (non-hydrogen) atoms. The van der Waals surface area contributed by atoms with Crippen LogP contribution in [0.25, 0.3) is 0 Å². The molecule has 0 fully saturated rings. The highest BCUT2D eigenvalue weighted by molar-refractivity contribution is 6.94. The van der Waals surface area contributed by atoms with E-state index in [-0.39, 0.29) is 19.3 Å². The average molecular weight is 303 g/mol. The van der Waals surface area contributed by atoms with Gasteiger partial charge in [0.2, 0.25) is 0 Å². The maximum Gasteiger partial charge on any atom is 0.504 e. The zero-order valence-electron chi connectivity index (χ0n) is 13.0. The van der Waals surface area contributed by atoms with Crippen LogP contribution in [0.15, 0.2) is 0 Å². The highest BCUT2D eigenvalue weighted by atomic mass is 35.5. The molecule has 0 radical (unpaired) electrons. The standard InChI is InChI=1S/C15H31O2.ClH.Mg/c1-3-5-7-8-9-10-12-14-17-15-16-13-11-6-4-2;;/h4H,3,5-15H2,1-2H3;1H;/q;;+1/p-1. The fourth-order valence-corrected chi connectivity index (χ4v) is 2.85. The molecule has 0 aromatic heterocycles. The monoisotopic (exact) mass is 302 g/mol. The van der Waals surface area contributed by atoms with Crippen molar-refractivity contribution in [1.82, 2.24) is 0 Å². The predicted octanol–water partition coefficient (Wildman–Crippen LogP) is 5.17. The maximum atomic E-state index is 5.88. The summed E-state index contributed by atoms with van der Waals surface area (Å²) in [5.41, 5.74) is 0. The minimum absolute atomic E-state index is 0.338. The van der Waals surface area contributed by atoms with Gasteiger partial charge in [0.25, 0.3) is 0 Å². The summed E-state index contributed by atoms with van der Waals surface area (Å²) in [5, 5.41) is 0. The van der Waals surface area contributed by atoms with Crippen molar-refractivity contribution in [1.29, 1.82) is 0 Å². The number of hydrogen-bond donors (Lipinski definition) is 0. The fraction of sp³-hybridized carbons (Fsp3) is 1.00. The molecule has 0 aliphatic carbocycles. The minimum atomic E-state index is -0.338. The molecule has 2 nitrogen and oxygen atoms in total. The van der Waals surface area contributed by atoms with Gasteiger partial charge < -0.3 is 18.5 Å². The average Bonchev–Trinajstić information content (AvgIpc) is 2.43. The van der Waals surface area contributed by atoms with Gasteiger partial charge >= 0.3 is 19.3 Å². The third-order valence-corrected chi connectivity index (χ3v) is 5.82. The molecule has 0 bridgehead atoms. The lowest BCUT2D eigenvalue weighted by Gasteiger charge is -2.08. The van der Waals surface area contributed by atoms with Crippen LogP contribution in [0.3, 0.4) is 0 Å². The van der Waals surface area contributed by atoms with Gasteiger partial charge in [-0.15, -0.1) is 4.05 Å². The molecule has 0 aliphatic rings. The fourth-order valence-electron chi connectivity index (χ4n) is 1.95. The largest absolute Gasteiger partial charge is 0.504 e. The summed E-state index contributed by atoms with van der Waals surface area (Å²) >= 11 is -0.338. The summed E-state index contributed by atoms with van der Waals surface area (Å²) in [4.78, 5) is 0.